The second-order valence-electron chi connectivity index (χ2n) is 5.10. The minimum atomic E-state index is -0.529. The Balaban J connectivity index is 2.68. The van der Waals surface area contributed by atoms with Crippen LogP contribution in [-0.4, -0.2) is 55.3 Å². The topological polar surface area (TPSA) is 78.7 Å². The Morgan fingerprint density at radius 2 is 1.95 bits per heavy atom. The standard InChI is InChI=1S/C14H21FN4O2/c1-9(19(4)8-13(20)18(2)3)14(21)17-12-6-5-10(15)7-11(12)16/h5-7,9H,8,16H2,1-4H3,(H,17,21). The SMILES string of the molecule is CC(C(=O)Nc1ccc(F)cc1N)N(C)CC(=O)N(C)C. The molecule has 0 aliphatic heterocycles. The largest absolute Gasteiger partial charge is 0.397 e. The van der Waals surface area contributed by atoms with Gasteiger partial charge in [0, 0.05) is 14.1 Å². The van der Waals surface area contributed by atoms with Crippen molar-refractivity contribution in [3.05, 3.63) is 24.0 Å². The van der Waals surface area contributed by atoms with E-state index in [2.05, 4.69) is 5.32 Å². The van der Waals surface area contributed by atoms with Crippen LogP contribution in [0.2, 0.25) is 0 Å². The number of hydrogen-bond acceptors (Lipinski definition) is 4. The summed E-state index contributed by atoms with van der Waals surface area (Å²) in [5.74, 6) is -0.881. The number of hydrogen-bond donors (Lipinski definition) is 2. The molecule has 1 rings (SSSR count). The highest BCUT2D eigenvalue weighted by Crippen LogP contribution is 2.19. The molecule has 0 heterocycles. The molecule has 2 amide bonds. The Morgan fingerprint density at radius 3 is 2.48 bits per heavy atom. The summed E-state index contributed by atoms with van der Waals surface area (Å²) in [7, 11) is 4.99. The van der Waals surface area contributed by atoms with Crippen LogP contribution in [0.4, 0.5) is 15.8 Å². The van der Waals surface area contributed by atoms with Crippen molar-refractivity contribution in [2.45, 2.75) is 13.0 Å². The van der Waals surface area contributed by atoms with Crippen molar-refractivity contribution in [1.29, 1.82) is 0 Å². The lowest BCUT2D eigenvalue weighted by Crippen LogP contribution is -2.44. The summed E-state index contributed by atoms with van der Waals surface area (Å²) in [6.45, 7) is 1.80. The van der Waals surface area contributed by atoms with Crippen molar-refractivity contribution in [3.8, 4) is 0 Å². The van der Waals surface area contributed by atoms with E-state index in [0.717, 1.165) is 6.07 Å². The molecular formula is C14H21FN4O2. The highest BCUT2D eigenvalue weighted by atomic mass is 19.1. The third-order valence-corrected chi connectivity index (χ3v) is 3.20. The molecule has 3 N–H and O–H groups in total. The van der Waals surface area contributed by atoms with Gasteiger partial charge in [-0.2, -0.15) is 0 Å². The Morgan fingerprint density at radius 1 is 1.33 bits per heavy atom. The van der Waals surface area contributed by atoms with Gasteiger partial charge in [-0.3, -0.25) is 14.5 Å². The van der Waals surface area contributed by atoms with Crippen LogP contribution in [0.15, 0.2) is 18.2 Å². The Hall–Kier alpha value is -2.15. The number of carbonyl (C=O) groups excluding carboxylic acids is 2. The minimum absolute atomic E-state index is 0.0987. The number of likely N-dealkylation sites (N-methyl/N-ethyl adjacent to an activating group) is 2. The first kappa shape index (κ1) is 16.9. The van der Waals surface area contributed by atoms with Crippen LogP contribution in [0.5, 0.6) is 0 Å². The van der Waals surface area contributed by atoms with E-state index in [0.29, 0.717) is 5.69 Å². The molecule has 0 aliphatic carbocycles. The summed E-state index contributed by atoms with van der Waals surface area (Å²) < 4.78 is 12.9. The van der Waals surface area contributed by atoms with Crippen molar-refractivity contribution >= 4 is 23.2 Å². The van der Waals surface area contributed by atoms with Crippen molar-refractivity contribution < 1.29 is 14.0 Å². The van der Waals surface area contributed by atoms with Crippen molar-refractivity contribution in [3.63, 3.8) is 0 Å². The summed E-state index contributed by atoms with van der Waals surface area (Å²) in [5.41, 5.74) is 6.14. The van der Waals surface area contributed by atoms with Gasteiger partial charge in [-0.05, 0) is 32.2 Å². The fourth-order valence-electron chi connectivity index (χ4n) is 1.58. The van der Waals surface area contributed by atoms with Crippen LogP contribution in [0.1, 0.15) is 6.92 Å². The van der Waals surface area contributed by atoms with Gasteiger partial charge in [-0.25, -0.2) is 4.39 Å². The number of amides is 2. The number of anilines is 2. The van der Waals surface area contributed by atoms with E-state index in [1.54, 1.807) is 33.0 Å². The molecule has 1 unspecified atom stereocenters. The molecule has 0 saturated heterocycles. The van der Waals surface area contributed by atoms with Gasteiger partial charge in [0.1, 0.15) is 5.82 Å². The first-order valence-electron chi connectivity index (χ1n) is 6.48. The zero-order chi connectivity index (χ0) is 16.2. The van der Waals surface area contributed by atoms with E-state index >= 15 is 0 Å². The average molecular weight is 296 g/mol. The smallest absolute Gasteiger partial charge is 0.241 e. The Bertz CT molecular complexity index is 534. The fraction of sp³-hybridized carbons (Fsp3) is 0.429. The van der Waals surface area contributed by atoms with E-state index in [1.807, 2.05) is 0 Å². The van der Waals surface area contributed by atoms with Gasteiger partial charge in [0.05, 0.1) is 24.0 Å². The Labute approximate surface area is 123 Å². The lowest BCUT2D eigenvalue weighted by atomic mass is 10.2. The van der Waals surface area contributed by atoms with E-state index in [9.17, 15) is 14.0 Å². The van der Waals surface area contributed by atoms with Gasteiger partial charge in [0.25, 0.3) is 0 Å². The fourth-order valence-corrected chi connectivity index (χ4v) is 1.58. The first-order chi connectivity index (χ1) is 9.72. The van der Waals surface area contributed by atoms with Gasteiger partial charge in [0.15, 0.2) is 0 Å². The van der Waals surface area contributed by atoms with Gasteiger partial charge < -0.3 is 16.0 Å². The monoisotopic (exact) mass is 296 g/mol. The molecule has 0 aromatic heterocycles. The first-order valence-corrected chi connectivity index (χ1v) is 6.48. The third kappa shape index (κ3) is 4.71. The number of nitrogens with zero attached hydrogens (tertiary/aromatic N) is 2. The van der Waals surface area contributed by atoms with Crippen LogP contribution in [0.25, 0.3) is 0 Å². The number of nitrogen functional groups attached to an aromatic ring is 1. The number of halogens is 1. The summed E-state index contributed by atoms with van der Waals surface area (Å²) in [6, 6.07) is 3.23. The summed E-state index contributed by atoms with van der Waals surface area (Å²) in [5, 5.41) is 2.62. The van der Waals surface area contributed by atoms with Crippen molar-refractivity contribution in [1.82, 2.24) is 9.80 Å². The molecule has 0 radical (unpaired) electrons. The summed E-state index contributed by atoms with van der Waals surface area (Å²) in [6.07, 6.45) is 0. The predicted octanol–water partition coefficient (Wildman–Crippen LogP) is 0.755. The van der Waals surface area contributed by atoms with E-state index in [1.165, 1.54) is 17.0 Å². The second-order valence-corrected chi connectivity index (χ2v) is 5.10. The molecule has 0 fully saturated rings. The van der Waals surface area contributed by atoms with Crippen molar-refractivity contribution in [2.24, 2.45) is 0 Å². The normalized spacial score (nSPS) is 12.1. The van der Waals surface area contributed by atoms with Crippen LogP contribution >= 0.6 is 0 Å². The average Bonchev–Trinajstić information content (AvgIpc) is 2.40. The van der Waals surface area contributed by atoms with Gasteiger partial charge >= 0.3 is 0 Å². The molecule has 1 aromatic rings. The number of nitrogens with one attached hydrogen (secondary N) is 1. The van der Waals surface area contributed by atoms with Gasteiger partial charge in [-0.1, -0.05) is 0 Å². The quantitative estimate of drug-likeness (QED) is 0.786. The zero-order valence-corrected chi connectivity index (χ0v) is 12.7. The Kier molecular flexibility index (Phi) is 5.66. The molecule has 1 aromatic carbocycles. The third-order valence-electron chi connectivity index (χ3n) is 3.20. The molecule has 0 saturated carbocycles. The van der Waals surface area contributed by atoms with Crippen LogP contribution in [0.3, 0.4) is 0 Å². The minimum Gasteiger partial charge on any atom is -0.397 e. The molecular weight excluding hydrogens is 275 g/mol. The maximum Gasteiger partial charge on any atom is 0.241 e. The highest BCUT2D eigenvalue weighted by molar-refractivity contribution is 5.97. The summed E-state index contributed by atoms with van der Waals surface area (Å²) in [4.78, 5) is 26.8. The van der Waals surface area contributed by atoms with Crippen LogP contribution < -0.4 is 11.1 Å². The lowest BCUT2D eigenvalue weighted by Gasteiger charge is -2.24. The second kappa shape index (κ2) is 7.03. The highest BCUT2D eigenvalue weighted by Gasteiger charge is 2.21. The lowest BCUT2D eigenvalue weighted by molar-refractivity contribution is -0.131. The molecule has 0 spiro atoms. The molecule has 1 atom stereocenters. The zero-order valence-electron chi connectivity index (χ0n) is 12.7. The van der Waals surface area contributed by atoms with Crippen LogP contribution in [-0.2, 0) is 9.59 Å². The number of carbonyl (C=O) groups is 2. The van der Waals surface area contributed by atoms with Crippen LogP contribution in [0, 0.1) is 5.82 Å². The van der Waals surface area contributed by atoms with Crippen molar-refractivity contribution in [2.75, 3.05) is 38.7 Å². The molecule has 21 heavy (non-hydrogen) atoms. The molecule has 0 aliphatic rings. The maximum absolute atomic E-state index is 12.9. The van der Waals surface area contributed by atoms with Gasteiger partial charge in [-0.15, -0.1) is 0 Å². The summed E-state index contributed by atoms with van der Waals surface area (Å²) >= 11 is 0. The predicted molar refractivity (Wildman–Crippen MR) is 80.2 cm³/mol. The molecule has 7 heteroatoms. The maximum atomic E-state index is 12.9. The molecule has 116 valence electrons. The van der Waals surface area contributed by atoms with E-state index in [4.69, 9.17) is 5.73 Å². The number of nitrogens with two attached hydrogens (primary N) is 1. The van der Waals surface area contributed by atoms with E-state index < -0.39 is 11.9 Å². The van der Waals surface area contributed by atoms with E-state index in [-0.39, 0.29) is 24.0 Å². The van der Waals surface area contributed by atoms with Gasteiger partial charge in [0.2, 0.25) is 11.8 Å². The number of benzene rings is 1. The molecule has 0 bridgehead atoms. The number of rotatable bonds is 5. The molecule has 6 nitrogen and oxygen atoms in total.